The predicted octanol–water partition coefficient (Wildman–Crippen LogP) is 1.86. The average Bonchev–Trinajstić information content (AvgIpc) is 3.32. The van der Waals surface area contributed by atoms with Gasteiger partial charge in [-0.2, -0.15) is 0 Å². The van der Waals surface area contributed by atoms with E-state index in [0.29, 0.717) is 12.5 Å². The number of likely N-dealkylation sites (tertiary alicyclic amines) is 1. The highest BCUT2D eigenvalue weighted by Gasteiger charge is 2.59. The highest BCUT2D eigenvalue weighted by atomic mass is 16.5. The molecule has 1 aromatic rings. The number of ether oxygens (including phenoxy) is 2. The Labute approximate surface area is 154 Å². The van der Waals surface area contributed by atoms with Gasteiger partial charge < -0.3 is 15.2 Å². The first-order chi connectivity index (χ1) is 12.5. The number of methoxy groups -OCH3 is 1. The van der Waals surface area contributed by atoms with Crippen molar-refractivity contribution in [1.29, 1.82) is 0 Å². The van der Waals surface area contributed by atoms with Crippen LogP contribution in [-0.2, 0) is 14.9 Å². The quantitative estimate of drug-likeness (QED) is 0.881. The summed E-state index contributed by atoms with van der Waals surface area (Å²) in [5, 5.41) is 0. The van der Waals surface area contributed by atoms with Gasteiger partial charge >= 0.3 is 6.09 Å². The van der Waals surface area contributed by atoms with Gasteiger partial charge in [-0.15, -0.1) is 0 Å². The van der Waals surface area contributed by atoms with E-state index < -0.39 is 0 Å². The zero-order valence-electron chi connectivity index (χ0n) is 15.5. The minimum Gasteiger partial charge on any atom is -0.453 e. The third kappa shape index (κ3) is 2.97. The summed E-state index contributed by atoms with van der Waals surface area (Å²) < 4.78 is 11.1. The number of aromatic nitrogens is 2. The van der Waals surface area contributed by atoms with Gasteiger partial charge in [-0.3, -0.25) is 4.90 Å². The molecule has 2 aliphatic carbocycles. The molecular weight excluding hydrogens is 332 g/mol. The molecule has 0 radical (unpaired) electrons. The summed E-state index contributed by atoms with van der Waals surface area (Å²) in [6.45, 7) is 2.49. The molecule has 142 valence electrons. The summed E-state index contributed by atoms with van der Waals surface area (Å²) in [5.74, 6) is 1.60. The zero-order chi connectivity index (χ0) is 18.3. The Morgan fingerprint density at radius 2 is 2.15 bits per heavy atom. The van der Waals surface area contributed by atoms with Crippen LogP contribution < -0.4 is 5.73 Å². The van der Waals surface area contributed by atoms with Crippen molar-refractivity contribution in [2.45, 2.75) is 68.7 Å². The van der Waals surface area contributed by atoms with Gasteiger partial charge in [0.2, 0.25) is 0 Å². The maximum absolute atomic E-state index is 12.1. The van der Waals surface area contributed by atoms with Crippen LogP contribution in [0, 0.1) is 5.92 Å². The average molecular weight is 360 g/mol. The lowest BCUT2D eigenvalue weighted by atomic mass is 9.86. The molecule has 2 saturated carbocycles. The van der Waals surface area contributed by atoms with Crippen molar-refractivity contribution < 1.29 is 14.3 Å². The molecule has 1 aliphatic heterocycles. The fraction of sp³-hybridized carbons (Fsp3) is 0.737. The summed E-state index contributed by atoms with van der Waals surface area (Å²) in [6.07, 6.45) is 8.62. The van der Waals surface area contributed by atoms with E-state index in [4.69, 9.17) is 15.2 Å². The van der Waals surface area contributed by atoms with E-state index in [0.717, 1.165) is 37.9 Å². The van der Waals surface area contributed by atoms with Gasteiger partial charge in [0.15, 0.2) is 0 Å². The second-order valence-electron chi connectivity index (χ2n) is 8.05. The lowest BCUT2D eigenvalue weighted by Crippen LogP contribution is -2.48. The highest BCUT2D eigenvalue weighted by molar-refractivity contribution is 5.69. The molecule has 3 aliphatic rings. The molecule has 4 rings (SSSR count). The van der Waals surface area contributed by atoms with Crippen LogP contribution in [0.25, 0.3) is 0 Å². The molecule has 7 heteroatoms. The summed E-state index contributed by atoms with van der Waals surface area (Å²) >= 11 is 0. The number of carbonyl (C=O) groups excluding carboxylic acids is 1. The lowest BCUT2D eigenvalue weighted by molar-refractivity contribution is -0.00958. The molecule has 0 bridgehead atoms. The van der Waals surface area contributed by atoms with E-state index >= 15 is 0 Å². The Kier molecular flexibility index (Phi) is 4.61. The molecule has 1 aromatic heterocycles. The monoisotopic (exact) mass is 360 g/mol. The van der Waals surface area contributed by atoms with Gasteiger partial charge in [0, 0.05) is 29.9 Å². The number of hydrogen-bond donors (Lipinski definition) is 1. The van der Waals surface area contributed by atoms with Crippen LogP contribution in [0.4, 0.5) is 4.79 Å². The number of amides is 1. The van der Waals surface area contributed by atoms with Gasteiger partial charge in [0.25, 0.3) is 0 Å². The smallest absolute Gasteiger partial charge is 0.410 e. The van der Waals surface area contributed by atoms with Crippen molar-refractivity contribution >= 4 is 6.09 Å². The van der Waals surface area contributed by atoms with Crippen LogP contribution in [0.1, 0.15) is 44.9 Å². The van der Waals surface area contributed by atoms with Gasteiger partial charge in [-0.1, -0.05) is 0 Å². The fourth-order valence-corrected chi connectivity index (χ4v) is 5.00. The molecule has 0 aromatic carbocycles. The van der Waals surface area contributed by atoms with E-state index in [-0.39, 0.29) is 35.7 Å². The van der Waals surface area contributed by atoms with Crippen molar-refractivity contribution in [2.75, 3.05) is 13.7 Å². The van der Waals surface area contributed by atoms with Crippen molar-refractivity contribution in [1.82, 2.24) is 14.9 Å². The van der Waals surface area contributed by atoms with Gasteiger partial charge in [-0.25, -0.2) is 14.8 Å². The Morgan fingerprint density at radius 3 is 2.85 bits per heavy atom. The number of carbonyl (C=O) groups is 1. The zero-order valence-corrected chi connectivity index (χ0v) is 15.5. The highest BCUT2D eigenvalue weighted by Crippen LogP contribution is 2.61. The van der Waals surface area contributed by atoms with Crippen LogP contribution in [0.15, 0.2) is 18.5 Å². The molecule has 2 N–H and O–H groups in total. The predicted molar refractivity (Wildman–Crippen MR) is 95.5 cm³/mol. The Morgan fingerprint density at radius 1 is 1.38 bits per heavy atom. The van der Waals surface area contributed by atoms with Crippen LogP contribution in [0.5, 0.6) is 0 Å². The van der Waals surface area contributed by atoms with Crippen molar-refractivity contribution in [3.8, 4) is 0 Å². The van der Waals surface area contributed by atoms with Gasteiger partial charge in [0.1, 0.15) is 5.82 Å². The summed E-state index contributed by atoms with van der Waals surface area (Å²) in [5.41, 5.74) is 6.43. The summed E-state index contributed by atoms with van der Waals surface area (Å²) in [4.78, 5) is 22.8. The molecule has 2 heterocycles. The lowest BCUT2D eigenvalue weighted by Gasteiger charge is -2.32. The Hall–Kier alpha value is -1.73. The second kappa shape index (κ2) is 6.78. The fourth-order valence-electron chi connectivity index (χ4n) is 5.00. The third-order valence-electron chi connectivity index (χ3n) is 6.53. The Balaban J connectivity index is 1.33. The summed E-state index contributed by atoms with van der Waals surface area (Å²) in [6, 6.07) is 1.78. The topological polar surface area (TPSA) is 90.6 Å². The van der Waals surface area contributed by atoms with Crippen LogP contribution >= 0.6 is 0 Å². The third-order valence-corrected chi connectivity index (χ3v) is 6.53. The van der Waals surface area contributed by atoms with Crippen molar-refractivity contribution in [3.63, 3.8) is 0 Å². The molecule has 3 unspecified atom stereocenters. The number of hydrogen-bond acceptors (Lipinski definition) is 6. The number of nitrogens with zero attached hydrogens (tertiary/aromatic N) is 3. The normalized spacial score (nSPS) is 38.7. The first kappa shape index (κ1) is 17.7. The van der Waals surface area contributed by atoms with Gasteiger partial charge in [0.05, 0.1) is 25.9 Å². The number of nitrogens with two attached hydrogens (primary N) is 1. The number of rotatable bonds is 4. The number of fused-ring (bicyclic) bond motifs is 1. The standard InChI is InChI=1S/C19H28N4O3/c1-12-8-15(20)16(23(12)18(24)25-2)11-26-14-4-5-19(10-13(19)9-14)17-21-6-3-7-22-17/h3,6-7,12-16H,4-5,8-11,20H2,1-2H3/t12-,13?,14?,15+,16+,19?/m1/s1. The largest absolute Gasteiger partial charge is 0.453 e. The SMILES string of the molecule is COC(=O)N1[C@H](C)C[C@H](N)[C@@H]1COC1CCC2(c3ncccn3)CC2C1. The van der Waals surface area contributed by atoms with Crippen molar-refractivity contribution in [2.24, 2.45) is 11.7 Å². The molecule has 0 spiro atoms. The van der Waals surface area contributed by atoms with Crippen LogP contribution in [-0.4, -0.2) is 58.9 Å². The second-order valence-corrected chi connectivity index (χ2v) is 8.05. The van der Waals surface area contributed by atoms with E-state index in [1.165, 1.54) is 7.11 Å². The Bertz CT molecular complexity index is 657. The van der Waals surface area contributed by atoms with E-state index in [1.54, 1.807) is 4.90 Å². The first-order valence-corrected chi connectivity index (χ1v) is 9.56. The molecule has 6 atom stereocenters. The summed E-state index contributed by atoms with van der Waals surface area (Å²) in [7, 11) is 1.41. The molecule has 3 fully saturated rings. The minimum absolute atomic E-state index is 0.0644. The van der Waals surface area contributed by atoms with E-state index in [1.807, 2.05) is 25.4 Å². The molecule has 7 nitrogen and oxygen atoms in total. The maximum Gasteiger partial charge on any atom is 0.410 e. The van der Waals surface area contributed by atoms with Gasteiger partial charge in [-0.05, 0) is 51.0 Å². The van der Waals surface area contributed by atoms with Crippen LogP contribution in [0.2, 0.25) is 0 Å². The van der Waals surface area contributed by atoms with Crippen LogP contribution in [0.3, 0.4) is 0 Å². The molecule has 26 heavy (non-hydrogen) atoms. The molecular formula is C19H28N4O3. The van der Waals surface area contributed by atoms with E-state index in [9.17, 15) is 4.79 Å². The molecule has 1 amide bonds. The first-order valence-electron chi connectivity index (χ1n) is 9.56. The van der Waals surface area contributed by atoms with Crippen molar-refractivity contribution in [3.05, 3.63) is 24.3 Å². The maximum atomic E-state index is 12.1. The minimum atomic E-state index is -0.315. The van der Waals surface area contributed by atoms with E-state index in [2.05, 4.69) is 9.97 Å². The molecule has 1 saturated heterocycles.